The van der Waals surface area contributed by atoms with Gasteiger partial charge < -0.3 is 5.11 Å². The number of phenolic OH excluding ortho intramolecular Hbond substituents is 1. The van der Waals surface area contributed by atoms with Gasteiger partial charge in [-0.1, -0.05) is 11.6 Å². The van der Waals surface area contributed by atoms with Crippen LogP contribution in [0.4, 0.5) is 0 Å². The fourth-order valence-electron chi connectivity index (χ4n) is 1.47. The molecule has 0 spiro atoms. The van der Waals surface area contributed by atoms with E-state index in [1.54, 1.807) is 25.4 Å². The molecule has 4 nitrogen and oxygen atoms in total. The first-order chi connectivity index (χ1) is 7.61. The molecule has 0 aliphatic carbocycles. The molecule has 2 aromatic rings. The van der Waals surface area contributed by atoms with Gasteiger partial charge in [0.2, 0.25) is 0 Å². The third kappa shape index (κ3) is 1.73. The fraction of sp³-hybridized carbons (Fsp3) is 0.0909. The van der Waals surface area contributed by atoms with Crippen LogP contribution in [0.3, 0.4) is 0 Å². The predicted molar refractivity (Wildman–Crippen MR) is 60.0 cm³/mol. The van der Waals surface area contributed by atoms with Gasteiger partial charge in [0.15, 0.2) is 0 Å². The van der Waals surface area contributed by atoms with Crippen LogP contribution in [0.25, 0.3) is 11.3 Å². The smallest absolute Gasteiger partial charge is 0.125 e. The van der Waals surface area contributed by atoms with Crippen LogP contribution in [0, 0.1) is 11.3 Å². The van der Waals surface area contributed by atoms with Crippen molar-refractivity contribution >= 4 is 11.6 Å². The SMILES string of the molecule is Cn1cc(C#N)c(-c2cc(Cl)ccc2O)n1. The molecule has 0 unspecified atom stereocenters. The highest BCUT2D eigenvalue weighted by Crippen LogP contribution is 2.32. The van der Waals surface area contributed by atoms with Gasteiger partial charge in [0.05, 0.1) is 5.56 Å². The number of aromatic nitrogens is 2. The summed E-state index contributed by atoms with van der Waals surface area (Å²) in [6.07, 6.45) is 1.59. The number of aromatic hydroxyl groups is 1. The minimum absolute atomic E-state index is 0.0552. The van der Waals surface area contributed by atoms with E-state index in [-0.39, 0.29) is 5.75 Å². The molecule has 80 valence electrons. The highest BCUT2D eigenvalue weighted by Gasteiger charge is 2.13. The second kappa shape index (κ2) is 3.87. The molecule has 16 heavy (non-hydrogen) atoms. The normalized spacial score (nSPS) is 10.1. The van der Waals surface area contributed by atoms with Crippen LogP contribution in [-0.4, -0.2) is 14.9 Å². The van der Waals surface area contributed by atoms with Gasteiger partial charge in [-0.2, -0.15) is 10.4 Å². The zero-order chi connectivity index (χ0) is 11.7. The molecule has 0 aliphatic rings. The average Bonchev–Trinajstić information content (AvgIpc) is 2.63. The summed E-state index contributed by atoms with van der Waals surface area (Å²) in [4.78, 5) is 0. The van der Waals surface area contributed by atoms with E-state index in [1.165, 1.54) is 10.7 Å². The van der Waals surface area contributed by atoms with Gasteiger partial charge >= 0.3 is 0 Å². The van der Waals surface area contributed by atoms with Gasteiger partial charge in [-0.15, -0.1) is 0 Å². The maximum atomic E-state index is 9.70. The molecule has 0 bridgehead atoms. The lowest BCUT2D eigenvalue weighted by Gasteiger charge is -2.02. The Bertz CT molecular complexity index is 583. The Morgan fingerprint density at radius 1 is 1.50 bits per heavy atom. The number of halogens is 1. The summed E-state index contributed by atoms with van der Waals surface area (Å²) < 4.78 is 1.52. The molecule has 1 N–H and O–H groups in total. The number of hydrogen-bond acceptors (Lipinski definition) is 3. The van der Waals surface area contributed by atoms with Crippen LogP contribution in [0.15, 0.2) is 24.4 Å². The Kier molecular flexibility index (Phi) is 2.55. The van der Waals surface area contributed by atoms with Gasteiger partial charge in [-0.25, -0.2) is 0 Å². The Morgan fingerprint density at radius 2 is 2.25 bits per heavy atom. The number of nitriles is 1. The second-order valence-corrected chi connectivity index (χ2v) is 3.77. The molecule has 5 heteroatoms. The average molecular weight is 234 g/mol. The lowest BCUT2D eigenvalue weighted by atomic mass is 10.1. The van der Waals surface area contributed by atoms with Crippen LogP contribution < -0.4 is 0 Å². The van der Waals surface area contributed by atoms with Crippen LogP contribution in [0.5, 0.6) is 5.75 Å². The number of nitrogens with zero attached hydrogens (tertiary/aromatic N) is 3. The standard InChI is InChI=1S/C11H8ClN3O/c1-15-6-7(5-13)11(14-15)9-4-8(12)2-3-10(9)16/h2-4,6,16H,1H3. The lowest BCUT2D eigenvalue weighted by Crippen LogP contribution is -1.88. The Morgan fingerprint density at radius 3 is 2.94 bits per heavy atom. The summed E-state index contributed by atoms with van der Waals surface area (Å²) in [5.74, 6) is 0.0552. The highest BCUT2D eigenvalue weighted by atomic mass is 35.5. The third-order valence-corrected chi connectivity index (χ3v) is 2.40. The molecular weight excluding hydrogens is 226 g/mol. The van der Waals surface area contributed by atoms with Crippen LogP contribution >= 0.6 is 11.6 Å². The quantitative estimate of drug-likeness (QED) is 0.822. The Balaban J connectivity index is 2.67. The number of hydrogen-bond donors (Lipinski definition) is 1. The third-order valence-electron chi connectivity index (χ3n) is 2.16. The summed E-state index contributed by atoms with van der Waals surface area (Å²) in [6.45, 7) is 0. The molecule has 0 saturated heterocycles. The van der Waals surface area contributed by atoms with Gasteiger partial charge in [0.25, 0.3) is 0 Å². The van der Waals surface area contributed by atoms with E-state index in [1.807, 2.05) is 6.07 Å². The fourth-order valence-corrected chi connectivity index (χ4v) is 1.64. The lowest BCUT2D eigenvalue weighted by molar-refractivity contribution is 0.477. The van der Waals surface area contributed by atoms with Crippen molar-refractivity contribution in [3.8, 4) is 23.1 Å². The minimum Gasteiger partial charge on any atom is -0.507 e. The number of benzene rings is 1. The van der Waals surface area contributed by atoms with Crippen molar-refractivity contribution in [2.24, 2.45) is 7.05 Å². The van der Waals surface area contributed by atoms with Crippen molar-refractivity contribution in [1.82, 2.24) is 9.78 Å². The van der Waals surface area contributed by atoms with E-state index in [0.717, 1.165) is 0 Å². The van der Waals surface area contributed by atoms with Crippen LogP contribution in [-0.2, 0) is 7.05 Å². The summed E-state index contributed by atoms with van der Waals surface area (Å²) in [5.41, 5.74) is 1.30. The zero-order valence-corrected chi connectivity index (χ0v) is 9.23. The van der Waals surface area contributed by atoms with Crippen molar-refractivity contribution in [3.63, 3.8) is 0 Å². The highest BCUT2D eigenvalue weighted by molar-refractivity contribution is 6.31. The molecule has 1 aromatic heterocycles. The summed E-state index contributed by atoms with van der Waals surface area (Å²) in [5, 5.41) is 23.3. The van der Waals surface area contributed by atoms with E-state index in [4.69, 9.17) is 16.9 Å². The molecule has 0 atom stereocenters. The van der Waals surface area contributed by atoms with E-state index < -0.39 is 0 Å². The molecule has 0 radical (unpaired) electrons. The summed E-state index contributed by atoms with van der Waals surface area (Å²) >= 11 is 5.84. The van der Waals surface area contributed by atoms with E-state index >= 15 is 0 Å². The van der Waals surface area contributed by atoms with Gasteiger partial charge in [-0.05, 0) is 18.2 Å². The van der Waals surface area contributed by atoms with Crippen LogP contribution in [0.1, 0.15) is 5.56 Å². The first-order valence-electron chi connectivity index (χ1n) is 4.54. The molecule has 0 aliphatic heterocycles. The Labute approximate surface area is 97.3 Å². The molecule has 0 fully saturated rings. The van der Waals surface area contributed by atoms with Gasteiger partial charge in [0.1, 0.15) is 17.5 Å². The summed E-state index contributed by atoms with van der Waals surface area (Å²) in [7, 11) is 1.71. The largest absolute Gasteiger partial charge is 0.507 e. The molecule has 0 saturated carbocycles. The van der Waals surface area contributed by atoms with Crippen molar-refractivity contribution < 1.29 is 5.11 Å². The minimum atomic E-state index is 0.0552. The predicted octanol–water partition coefficient (Wildman–Crippen LogP) is 2.32. The monoisotopic (exact) mass is 233 g/mol. The van der Waals surface area contributed by atoms with E-state index in [2.05, 4.69) is 5.10 Å². The zero-order valence-electron chi connectivity index (χ0n) is 8.48. The maximum Gasteiger partial charge on any atom is 0.125 e. The topological polar surface area (TPSA) is 61.8 Å². The molecular formula is C11H8ClN3O. The molecule has 1 aromatic carbocycles. The summed E-state index contributed by atoms with van der Waals surface area (Å²) in [6, 6.07) is 6.67. The molecule has 0 amide bonds. The van der Waals surface area contributed by atoms with E-state index in [0.29, 0.717) is 21.8 Å². The van der Waals surface area contributed by atoms with Crippen molar-refractivity contribution in [2.75, 3.05) is 0 Å². The maximum absolute atomic E-state index is 9.70. The van der Waals surface area contributed by atoms with Crippen molar-refractivity contribution in [3.05, 3.63) is 35.0 Å². The number of aryl methyl sites for hydroxylation is 1. The first-order valence-corrected chi connectivity index (χ1v) is 4.92. The first kappa shape index (κ1) is 10.5. The number of rotatable bonds is 1. The van der Waals surface area contributed by atoms with Gasteiger partial charge in [-0.3, -0.25) is 4.68 Å². The van der Waals surface area contributed by atoms with Crippen molar-refractivity contribution in [1.29, 1.82) is 5.26 Å². The van der Waals surface area contributed by atoms with Gasteiger partial charge in [0, 0.05) is 23.8 Å². The van der Waals surface area contributed by atoms with E-state index in [9.17, 15) is 5.11 Å². The second-order valence-electron chi connectivity index (χ2n) is 3.34. The number of phenols is 1. The molecule has 2 rings (SSSR count). The Hall–Kier alpha value is -1.99. The van der Waals surface area contributed by atoms with Crippen LogP contribution in [0.2, 0.25) is 5.02 Å². The molecule has 1 heterocycles. The van der Waals surface area contributed by atoms with Crippen molar-refractivity contribution in [2.45, 2.75) is 0 Å².